The molecule has 5 aliphatic rings. The van der Waals surface area contributed by atoms with Crippen LogP contribution in [0.2, 0.25) is 0 Å². The van der Waals surface area contributed by atoms with Gasteiger partial charge in [0.1, 0.15) is 6.10 Å². The normalized spacial score (nSPS) is 45.0. The highest BCUT2D eigenvalue weighted by Gasteiger charge is 2.62. The Kier molecular flexibility index (Phi) is 2.36. The largest absolute Gasteiger partial charge is 0.368 e. The van der Waals surface area contributed by atoms with Crippen LogP contribution in [0.25, 0.3) is 0 Å². The zero-order valence-electron chi connectivity index (χ0n) is 11.7. The maximum Gasteiger partial charge on any atom is 0.255 e. The van der Waals surface area contributed by atoms with Gasteiger partial charge in [0.05, 0.1) is 6.54 Å². The molecular weight excluding hydrogens is 254 g/mol. The molecule has 1 saturated heterocycles. The number of rotatable bonds is 4. The molecule has 1 N–H and O–H groups in total. The van der Waals surface area contributed by atoms with Crippen LogP contribution in [0.15, 0.2) is 4.52 Å². The van der Waals surface area contributed by atoms with E-state index in [4.69, 9.17) is 9.26 Å². The van der Waals surface area contributed by atoms with Crippen LogP contribution in [0, 0.1) is 17.8 Å². The lowest BCUT2D eigenvalue weighted by Gasteiger charge is -2.29. The summed E-state index contributed by atoms with van der Waals surface area (Å²) < 4.78 is 10.9. The fraction of sp³-hybridized carbons (Fsp3) is 0.867. The molecule has 5 fully saturated rings. The van der Waals surface area contributed by atoms with Crippen LogP contribution < -0.4 is 5.32 Å². The molecule has 4 saturated carbocycles. The standard InChI is InChI=1S/C15H21N3O2/c1-2-12(19-3-1)14-17-13(18-20-14)8-16-15-6-9-4-11(15)5-10(9)7-15/h9-12,16H,1-8H2. The van der Waals surface area contributed by atoms with Crippen LogP contribution in [0.3, 0.4) is 0 Å². The number of nitrogens with one attached hydrogen (secondary N) is 1. The van der Waals surface area contributed by atoms with Gasteiger partial charge in [0, 0.05) is 12.1 Å². The molecule has 3 unspecified atom stereocenters. The molecule has 1 aliphatic heterocycles. The van der Waals surface area contributed by atoms with Gasteiger partial charge < -0.3 is 14.6 Å². The second kappa shape index (κ2) is 4.04. The lowest BCUT2D eigenvalue weighted by Crippen LogP contribution is -2.44. The van der Waals surface area contributed by atoms with Crippen molar-refractivity contribution in [2.24, 2.45) is 17.8 Å². The van der Waals surface area contributed by atoms with Crippen LogP contribution in [0.5, 0.6) is 0 Å². The number of ether oxygens (including phenoxy) is 1. The fourth-order valence-corrected chi connectivity index (χ4v) is 5.30. The molecule has 1 aromatic heterocycles. The van der Waals surface area contributed by atoms with Gasteiger partial charge in [-0.15, -0.1) is 0 Å². The number of aromatic nitrogens is 2. The summed E-state index contributed by atoms with van der Waals surface area (Å²) in [5.41, 5.74) is 0.403. The average Bonchev–Trinajstić information content (AvgIpc) is 3.21. The Bertz CT molecular complexity index is 509. The molecule has 4 aliphatic carbocycles. The maximum absolute atomic E-state index is 5.58. The zero-order valence-corrected chi connectivity index (χ0v) is 11.7. The first-order valence-corrected chi connectivity index (χ1v) is 8.01. The Hall–Kier alpha value is -0.940. The molecule has 2 heterocycles. The SMILES string of the molecule is C1COC(c2nc(CNC34CC5CC3CC5C4)no2)C1. The average molecular weight is 275 g/mol. The summed E-state index contributed by atoms with van der Waals surface area (Å²) in [4.78, 5) is 4.51. The molecule has 0 amide bonds. The monoisotopic (exact) mass is 275 g/mol. The smallest absolute Gasteiger partial charge is 0.255 e. The van der Waals surface area contributed by atoms with Crippen LogP contribution in [-0.4, -0.2) is 22.3 Å². The van der Waals surface area contributed by atoms with Crippen molar-refractivity contribution in [3.05, 3.63) is 11.7 Å². The van der Waals surface area contributed by atoms with Crippen molar-refractivity contribution in [1.29, 1.82) is 0 Å². The van der Waals surface area contributed by atoms with Gasteiger partial charge in [-0.05, 0) is 56.3 Å². The van der Waals surface area contributed by atoms with Gasteiger partial charge in [-0.3, -0.25) is 0 Å². The van der Waals surface area contributed by atoms with Crippen molar-refractivity contribution in [3.8, 4) is 0 Å². The predicted molar refractivity (Wildman–Crippen MR) is 70.7 cm³/mol. The fourth-order valence-electron chi connectivity index (χ4n) is 5.30. The molecule has 5 nitrogen and oxygen atoms in total. The van der Waals surface area contributed by atoms with Crippen molar-refractivity contribution in [2.45, 2.75) is 56.7 Å². The van der Waals surface area contributed by atoms with E-state index in [0.29, 0.717) is 11.4 Å². The Labute approximate surface area is 118 Å². The van der Waals surface area contributed by atoms with Crippen molar-refractivity contribution >= 4 is 0 Å². The highest BCUT2D eigenvalue weighted by atomic mass is 16.5. The van der Waals surface area contributed by atoms with Crippen molar-refractivity contribution in [1.82, 2.24) is 15.5 Å². The van der Waals surface area contributed by atoms with Crippen molar-refractivity contribution in [2.75, 3.05) is 6.61 Å². The summed E-state index contributed by atoms with van der Waals surface area (Å²) in [5.74, 6) is 4.36. The van der Waals surface area contributed by atoms with E-state index in [1.54, 1.807) is 0 Å². The summed E-state index contributed by atoms with van der Waals surface area (Å²) in [6.45, 7) is 1.56. The number of hydrogen-bond donors (Lipinski definition) is 1. The molecule has 4 bridgehead atoms. The van der Waals surface area contributed by atoms with Crippen LogP contribution in [0.4, 0.5) is 0 Å². The molecule has 0 aromatic carbocycles. The van der Waals surface area contributed by atoms with Gasteiger partial charge in [-0.1, -0.05) is 5.16 Å². The quantitative estimate of drug-likeness (QED) is 0.912. The molecule has 108 valence electrons. The topological polar surface area (TPSA) is 60.2 Å². The van der Waals surface area contributed by atoms with E-state index < -0.39 is 0 Å². The van der Waals surface area contributed by atoms with Crippen molar-refractivity contribution in [3.63, 3.8) is 0 Å². The summed E-state index contributed by atoms with van der Waals surface area (Å²) in [6.07, 6.45) is 7.77. The highest BCUT2D eigenvalue weighted by Crippen LogP contribution is 2.65. The Morgan fingerprint density at radius 2 is 2.10 bits per heavy atom. The lowest BCUT2D eigenvalue weighted by atomic mass is 9.91. The van der Waals surface area contributed by atoms with Crippen LogP contribution in [0.1, 0.15) is 56.3 Å². The summed E-state index contributed by atoms with van der Waals surface area (Å²) in [6, 6.07) is 0. The lowest BCUT2D eigenvalue weighted by molar-refractivity contribution is 0.0835. The van der Waals surface area contributed by atoms with E-state index in [9.17, 15) is 0 Å². The molecule has 5 heteroatoms. The third-order valence-corrected chi connectivity index (χ3v) is 6.16. The van der Waals surface area contributed by atoms with Gasteiger partial charge >= 0.3 is 0 Å². The molecule has 0 radical (unpaired) electrons. The summed E-state index contributed by atoms with van der Waals surface area (Å²) in [5, 5.41) is 7.88. The van der Waals surface area contributed by atoms with Gasteiger partial charge in [0.2, 0.25) is 0 Å². The van der Waals surface area contributed by atoms with Crippen LogP contribution >= 0.6 is 0 Å². The van der Waals surface area contributed by atoms with Gasteiger partial charge in [-0.25, -0.2) is 0 Å². The van der Waals surface area contributed by atoms with Crippen LogP contribution in [-0.2, 0) is 11.3 Å². The maximum atomic E-state index is 5.58. The molecule has 1 aromatic rings. The Balaban J connectivity index is 1.26. The van der Waals surface area contributed by atoms with E-state index in [1.165, 1.54) is 25.7 Å². The first-order valence-electron chi connectivity index (χ1n) is 8.01. The number of nitrogens with zero attached hydrogens (tertiary/aromatic N) is 2. The van der Waals surface area contributed by atoms with Gasteiger partial charge in [0.15, 0.2) is 5.82 Å². The minimum Gasteiger partial charge on any atom is -0.368 e. The van der Waals surface area contributed by atoms with E-state index >= 15 is 0 Å². The first-order chi connectivity index (χ1) is 9.82. The van der Waals surface area contributed by atoms with E-state index in [-0.39, 0.29) is 6.10 Å². The summed E-state index contributed by atoms with van der Waals surface area (Å²) >= 11 is 0. The minimum atomic E-state index is 0.0320. The van der Waals surface area contributed by atoms with Gasteiger partial charge in [-0.2, -0.15) is 4.98 Å². The first kappa shape index (κ1) is 11.7. The molecule has 6 rings (SSSR count). The second-order valence-electron chi connectivity index (χ2n) is 7.16. The second-order valence-corrected chi connectivity index (χ2v) is 7.16. The number of hydrogen-bond acceptors (Lipinski definition) is 5. The predicted octanol–water partition coefficient (Wildman–Crippen LogP) is 2.20. The zero-order chi connectivity index (χ0) is 13.2. The van der Waals surface area contributed by atoms with Crippen molar-refractivity contribution < 1.29 is 9.26 Å². The van der Waals surface area contributed by atoms with Gasteiger partial charge in [0.25, 0.3) is 5.89 Å². The van der Waals surface area contributed by atoms with E-state index in [2.05, 4.69) is 15.5 Å². The third-order valence-electron chi connectivity index (χ3n) is 6.16. The molecular formula is C15H21N3O2. The van der Waals surface area contributed by atoms with E-state index in [0.717, 1.165) is 49.6 Å². The highest BCUT2D eigenvalue weighted by molar-refractivity contribution is 5.17. The van der Waals surface area contributed by atoms with E-state index in [1.807, 2.05) is 0 Å². The summed E-state index contributed by atoms with van der Waals surface area (Å²) in [7, 11) is 0. The Morgan fingerprint density at radius 1 is 1.25 bits per heavy atom. The third kappa shape index (κ3) is 1.56. The molecule has 0 spiro atoms. The Morgan fingerprint density at radius 3 is 2.75 bits per heavy atom. The minimum absolute atomic E-state index is 0.0320. The molecule has 20 heavy (non-hydrogen) atoms. The molecule has 3 atom stereocenters.